The number of hydrogen-bond acceptors (Lipinski definition) is 3. The van der Waals surface area contributed by atoms with E-state index >= 15 is 0 Å². The van der Waals surface area contributed by atoms with Gasteiger partial charge in [0, 0.05) is 12.3 Å². The highest BCUT2D eigenvalue weighted by molar-refractivity contribution is 9.10. The predicted molar refractivity (Wildman–Crippen MR) is 62.6 cm³/mol. The Balaban J connectivity index is 2.64. The van der Waals surface area contributed by atoms with E-state index in [4.69, 9.17) is 17.3 Å². The van der Waals surface area contributed by atoms with Gasteiger partial charge in [-0.3, -0.25) is 4.79 Å². The van der Waals surface area contributed by atoms with Crippen molar-refractivity contribution in [2.24, 2.45) is 5.73 Å². The van der Waals surface area contributed by atoms with Gasteiger partial charge in [-0.15, -0.1) is 0 Å². The summed E-state index contributed by atoms with van der Waals surface area (Å²) in [7, 11) is 0. The van der Waals surface area contributed by atoms with Crippen LogP contribution in [0.15, 0.2) is 29.0 Å². The molecule has 0 aliphatic rings. The first-order chi connectivity index (χ1) is 7.59. The van der Waals surface area contributed by atoms with Gasteiger partial charge in [-0.2, -0.15) is 5.10 Å². The first kappa shape index (κ1) is 11.1. The van der Waals surface area contributed by atoms with Crippen molar-refractivity contribution in [3.63, 3.8) is 0 Å². The van der Waals surface area contributed by atoms with Gasteiger partial charge in [-0.25, -0.2) is 9.67 Å². The number of aromatic nitrogens is 3. The summed E-state index contributed by atoms with van der Waals surface area (Å²) in [6.07, 6.45) is 1.56. The van der Waals surface area contributed by atoms with Crippen molar-refractivity contribution in [3.8, 4) is 5.82 Å². The second-order valence-electron chi connectivity index (χ2n) is 2.94. The van der Waals surface area contributed by atoms with Gasteiger partial charge in [0.05, 0.1) is 5.02 Å². The summed E-state index contributed by atoms with van der Waals surface area (Å²) in [6.45, 7) is 0. The quantitative estimate of drug-likeness (QED) is 0.919. The van der Waals surface area contributed by atoms with Crippen molar-refractivity contribution in [2.45, 2.75) is 0 Å². The lowest BCUT2D eigenvalue weighted by Crippen LogP contribution is -2.17. The maximum Gasteiger partial charge on any atom is 0.267 e. The van der Waals surface area contributed by atoms with Crippen LogP contribution in [0.25, 0.3) is 5.82 Å². The number of primary amides is 1. The van der Waals surface area contributed by atoms with Gasteiger partial charge >= 0.3 is 0 Å². The largest absolute Gasteiger partial charge is 0.364 e. The molecule has 7 heteroatoms. The number of halogens is 2. The minimum absolute atomic E-state index is 0.215. The van der Waals surface area contributed by atoms with Gasteiger partial charge in [0.2, 0.25) is 0 Å². The van der Waals surface area contributed by atoms with E-state index in [1.165, 1.54) is 10.7 Å². The summed E-state index contributed by atoms with van der Waals surface area (Å²) in [4.78, 5) is 15.2. The minimum atomic E-state index is -0.597. The molecule has 0 radical (unpaired) electrons. The van der Waals surface area contributed by atoms with Crippen LogP contribution in [0.3, 0.4) is 0 Å². The summed E-state index contributed by atoms with van der Waals surface area (Å²) in [5.74, 6) is -0.233. The molecule has 0 unspecified atom stereocenters. The smallest absolute Gasteiger partial charge is 0.267 e. The number of rotatable bonds is 2. The van der Waals surface area contributed by atoms with Crippen LogP contribution in [-0.2, 0) is 0 Å². The number of amides is 1. The number of nitrogens with two attached hydrogens (primary N) is 1. The molecule has 2 rings (SSSR count). The van der Waals surface area contributed by atoms with Gasteiger partial charge in [-0.05, 0) is 28.1 Å². The van der Waals surface area contributed by atoms with Crippen LogP contribution in [0, 0.1) is 0 Å². The fraction of sp³-hybridized carbons (Fsp3) is 0. The molecular weight excluding hydrogens is 295 g/mol. The predicted octanol–water partition coefficient (Wildman–Crippen LogP) is 1.78. The number of carbonyl (C=O) groups is 1. The van der Waals surface area contributed by atoms with Crippen LogP contribution in [-0.4, -0.2) is 20.7 Å². The van der Waals surface area contributed by atoms with E-state index in [1.54, 1.807) is 18.3 Å². The van der Waals surface area contributed by atoms with Crippen molar-refractivity contribution in [3.05, 3.63) is 39.7 Å². The highest BCUT2D eigenvalue weighted by Crippen LogP contribution is 2.20. The van der Waals surface area contributed by atoms with Gasteiger partial charge in [0.1, 0.15) is 10.3 Å². The lowest BCUT2D eigenvalue weighted by molar-refractivity contribution is 0.0993. The van der Waals surface area contributed by atoms with Gasteiger partial charge in [0.25, 0.3) is 5.91 Å². The molecule has 82 valence electrons. The Kier molecular flexibility index (Phi) is 2.93. The SMILES string of the molecule is NC(=O)c1cc(Br)nn1-c1ncccc1Cl. The standard InChI is InChI=1S/C9H6BrClN4O/c10-7-4-6(8(12)16)15(14-7)9-5(11)2-1-3-13-9/h1-4H,(H2,12,16). The lowest BCUT2D eigenvalue weighted by Gasteiger charge is -2.04. The van der Waals surface area contributed by atoms with E-state index in [1.807, 2.05) is 0 Å². The van der Waals surface area contributed by atoms with Crippen LogP contribution in [0.2, 0.25) is 5.02 Å². The van der Waals surface area contributed by atoms with Crippen molar-refractivity contribution in [1.82, 2.24) is 14.8 Å². The third kappa shape index (κ3) is 1.94. The van der Waals surface area contributed by atoms with E-state index in [0.717, 1.165) is 0 Å². The van der Waals surface area contributed by atoms with Gasteiger partial charge in [-0.1, -0.05) is 11.6 Å². The number of hydrogen-bond donors (Lipinski definition) is 1. The molecule has 0 saturated heterocycles. The van der Waals surface area contributed by atoms with E-state index in [9.17, 15) is 4.79 Å². The van der Waals surface area contributed by atoms with Crippen LogP contribution < -0.4 is 5.73 Å². The Morgan fingerprint density at radius 3 is 2.94 bits per heavy atom. The summed E-state index contributed by atoms with van der Waals surface area (Å²) in [6, 6.07) is 4.85. The summed E-state index contributed by atoms with van der Waals surface area (Å²) >= 11 is 9.12. The zero-order valence-electron chi connectivity index (χ0n) is 7.89. The van der Waals surface area contributed by atoms with Crippen molar-refractivity contribution in [2.75, 3.05) is 0 Å². The Hall–Kier alpha value is -1.40. The molecule has 2 N–H and O–H groups in total. The molecule has 0 aliphatic heterocycles. The lowest BCUT2D eigenvalue weighted by atomic mass is 10.4. The summed E-state index contributed by atoms with van der Waals surface area (Å²) in [5, 5.41) is 4.44. The molecule has 16 heavy (non-hydrogen) atoms. The molecule has 0 spiro atoms. The zero-order valence-corrected chi connectivity index (χ0v) is 10.2. The molecule has 0 aromatic carbocycles. The fourth-order valence-electron chi connectivity index (χ4n) is 1.22. The van der Waals surface area contributed by atoms with E-state index in [-0.39, 0.29) is 5.69 Å². The molecule has 2 heterocycles. The van der Waals surface area contributed by atoms with Gasteiger partial charge < -0.3 is 5.73 Å². The minimum Gasteiger partial charge on any atom is -0.364 e. The maximum atomic E-state index is 11.2. The van der Waals surface area contributed by atoms with Gasteiger partial charge in [0.15, 0.2) is 5.82 Å². The Bertz CT molecular complexity index is 554. The second-order valence-corrected chi connectivity index (χ2v) is 4.16. The van der Waals surface area contributed by atoms with Crippen LogP contribution in [0.5, 0.6) is 0 Å². The first-order valence-corrected chi connectivity index (χ1v) is 5.43. The fourth-order valence-corrected chi connectivity index (χ4v) is 1.80. The van der Waals surface area contributed by atoms with E-state index in [0.29, 0.717) is 15.4 Å². The Morgan fingerprint density at radius 1 is 1.56 bits per heavy atom. The van der Waals surface area contributed by atoms with Crippen molar-refractivity contribution in [1.29, 1.82) is 0 Å². The van der Waals surface area contributed by atoms with Crippen LogP contribution in [0.4, 0.5) is 0 Å². The molecule has 0 bridgehead atoms. The average molecular weight is 302 g/mol. The topological polar surface area (TPSA) is 73.8 Å². The molecule has 1 amide bonds. The summed E-state index contributed by atoms with van der Waals surface area (Å²) < 4.78 is 1.79. The third-order valence-electron chi connectivity index (χ3n) is 1.87. The zero-order chi connectivity index (χ0) is 11.7. The normalized spacial score (nSPS) is 10.4. The monoisotopic (exact) mass is 300 g/mol. The average Bonchev–Trinajstić information content (AvgIpc) is 2.61. The molecule has 5 nitrogen and oxygen atoms in total. The molecule has 2 aromatic heterocycles. The van der Waals surface area contributed by atoms with Crippen LogP contribution >= 0.6 is 27.5 Å². The number of pyridine rings is 1. The first-order valence-electron chi connectivity index (χ1n) is 4.26. The van der Waals surface area contributed by atoms with Crippen molar-refractivity contribution < 1.29 is 4.79 Å². The molecule has 0 saturated carbocycles. The number of nitrogens with zero attached hydrogens (tertiary/aromatic N) is 3. The molecule has 0 aliphatic carbocycles. The summed E-state index contributed by atoms with van der Waals surface area (Å²) in [5.41, 5.74) is 5.44. The highest BCUT2D eigenvalue weighted by Gasteiger charge is 2.15. The highest BCUT2D eigenvalue weighted by atomic mass is 79.9. The van der Waals surface area contributed by atoms with E-state index < -0.39 is 5.91 Å². The third-order valence-corrected chi connectivity index (χ3v) is 2.55. The molecule has 2 aromatic rings. The Morgan fingerprint density at radius 2 is 2.31 bits per heavy atom. The van der Waals surface area contributed by atoms with Crippen molar-refractivity contribution >= 4 is 33.4 Å². The molecule has 0 fully saturated rings. The molecular formula is C9H6BrClN4O. The Labute approximate surface area is 104 Å². The molecule has 0 atom stereocenters. The van der Waals surface area contributed by atoms with Crippen LogP contribution in [0.1, 0.15) is 10.5 Å². The maximum absolute atomic E-state index is 11.2. The second kappa shape index (κ2) is 4.23. The number of carbonyl (C=O) groups excluding carboxylic acids is 1. The van der Waals surface area contributed by atoms with E-state index in [2.05, 4.69) is 26.0 Å².